The standard InChI is InChI=1S/C17H29N3/c1-14(2)12-18-13-15-8-7-11-17(19-15)20(3)16-9-5-4-6-10-16/h7-8,11,14,16,18H,4-6,9-10,12-13H2,1-3H3. The SMILES string of the molecule is CC(C)CNCc1cccc(N(C)C2CCCCC2)n1. The summed E-state index contributed by atoms with van der Waals surface area (Å²) in [5.41, 5.74) is 1.14. The van der Waals surface area contributed by atoms with Crippen LogP contribution in [-0.2, 0) is 6.54 Å². The quantitative estimate of drug-likeness (QED) is 0.860. The molecule has 0 aromatic carbocycles. The summed E-state index contributed by atoms with van der Waals surface area (Å²) in [6, 6.07) is 7.07. The molecule has 3 nitrogen and oxygen atoms in total. The van der Waals surface area contributed by atoms with Crippen LogP contribution in [0, 0.1) is 5.92 Å². The van der Waals surface area contributed by atoms with Crippen molar-refractivity contribution in [3.63, 3.8) is 0 Å². The van der Waals surface area contributed by atoms with Crippen LogP contribution in [0.1, 0.15) is 51.6 Å². The van der Waals surface area contributed by atoms with Crippen molar-refractivity contribution in [3.05, 3.63) is 23.9 Å². The smallest absolute Gasteiger partial charge is 0.128 e. The lowest BCUT2D eigenvalue weighted by Crippen LogP contribution is -2.34. The molecule has 1 N–H and O–H groups in total. The summed E-state index contributed by atoms with van der Waals surface area (Å²) in [5.74, 6) is 1.81. The zero-order chi connectivity index (χ0) is 14.4. The van der Waals surface area contributed by atoms with Gasteiger partial charge in [-0.3, -0.25) is 0 Å². The van der Waals surface area contributed by atoms with Crippen molar-refractivity contribution in [3.8, 4) is 0 Å². The van der Waals surface area contributed by atoms with Gasteiger partial charge in [0.05, 0.1) is 5.69 Å². The maximum atomic E-state index is 4.81. The van der Waals surface area contributed by atoms with Crippen molar-refractivity contribution in [2.75, 3.05) is 18.5 Å². The molecule has 0 aliphatic heterocycles. The normalized spacial score (nSPS) is 16.6. The Morgan fingerprint density at radius 1 is 1.25 bits per heavy atom. The molecule has 1 aliphatic carbocycles. The van der Waals surface area contributed by atoms with Crippen LogP contribution in [0.5, 0.6) is 0 Å². The predicted molar refractivity (Wildman–Crippen MR) is 86.1 cm³/mol. The monoisotopic (exact) mass is 275 g/mol. The average Bonchev–Trinajstić information content (AvgIpc) is 2.47. The second-order valence-electron chi connectivity index (χ2n) is 6.41. The molecular weight excluding hydrogens is 246 g/mol. The van der Waals surface area contributed by atoms with Crippen LogP contribution in [0.25, 0.3) is 0 Å². The van der Waals surface area contributed by atoms with Crippen molar-refractivity contribution in [2.24, 2.45) is 5.92 Å². The first-order chi connectivity index (χ1) is 9.66. The Labute approximate surface area is 123 Å². The number of nitrogens with one attached hydrogen (secondary N) is 1. The number of pyridine rings is 1. The van der Waals surface area contributed by atoms with Crippen LogP contribution in [0.15, 0.2) is 18.2 Å². The summed E-state index contributed by atoms with van der Waals surface area (Å²) in [6.07, 6.45) is 6.76. The van der Waals surface area contributed by atoms with E-state index in [0.717, 1.165) is 24.6 Å². The lowest BCUT2D eigenvalue weighted by molar-refractivity contribution is 0.425. The molecule has 1 saturated carbocycles. The molecule has 112 valence electrons. The fourth-order valence-corrected chi connectivity index (χ4v) is 2.91. The number of hydrogen-bond acceptors (Lipinski definition) is 3. The highest BCUT2D eigenvalue weighted by Crippen LogP contribution is 2.24. The van der Waals surface area contributed by atoms with Gasteiger partial charge in [0.25, 0.3) is 0 Å². The molecule has 1 heterocycles. The van der Waals surface area contributed by atoms with E-state index in [2.05, 4.69) is 49.3 Å². The first-order valence-electron chi connectivity index (χ1n) is 8.06. The van der Waals surface area contributed by atoms with Gasteiger partial charge in [0.15, 0.2) is 0 Å². The van der Waals surface area contributed by atoms with Crippen molar-refractivity contribution in [2.45, 2.75) is 58.5 Å². The number of anilines is 1. The van der Waals surface area contributed by atoms with Gasteiger partial charge in [-0.1, -0.05) is 39.2 Å². The van der Waals surface area contributed by atoms with Gasteiger partial charge in [0.2, 0.25) is 0 Å². The summed E-state index contributed by atoms with van der Waals surface area (Å²) < 4.78 is 0. The molecule has 20 heavy (non-hydrogen) atoms. The van der Waals surface area contributed by atoms with E-state index in [1.165, 1.54) is 32.1 Å². The number of aromatic nitrogens is 1. The van der Waals surface area contributed by atoms with E-state index < -0.39 is 0 Å². The van der Waals surface area contributed by atoms with E-state index >= 15 is 0 Å². The lowest BCUT2D eigenvalue weighted by atomic mass is 9.94. The van der Waals surface area contributed by atoms with Crippen LogP contribution >= 0.6 is 0 Å². The van der Waals surface area contributed by atoms with E-state index in [4.69, 9.17) is 4.98 Å². The van der Waals surface area contributed by atoms with E-state index in [1.54, 1.807) is 0 Å². The van der Waals surface area contributed by atoms with Crippen molar-refractivity contribution >= 4 is 5.82 Å². The molecular formula is C17H29N3. The Balaban J connectivity index is 1.93. The van der Waals surface area contributed by atoms with E-state index in [-0.39, 0.29) is 0 Å². The van der Waals surface area contributed by atoms with Crippen LogP contribution in [0.3, 0.4) is 0 Å². The lowest BCUT2D eigenvalue weighted by Gasteiger charge is -2.32. The molecule has 1 aromatic rings. The minimum atomic E-state index is 0.676. The largest absolute Gasteiger partial charge is 0.357 e. The highest BCUT2D eigenvalue weighted by atomic mass is 15.2. The van der Waals surface area contributed by atoms with Gasteiger partial charge >= 0.3 is 0 Å². The average molecular weight is 275 g/mol. The number of rotatable bonds is 6. The molecule has 0 spiro atoms. The summed E-state index contributed by atoms with van der Waals surface area (Å²) in [7, 11) is 2.20. The molecule has 0 unspecified atom stereocenters. The fourth-order valence-electron chi connectivity index (χ4n) is 2.91. The first kappa shape index (κ1) is 15.3. The topological polar surface area (TPSA) is 28.2 Å². The van der Waals surface area contributed by atoms with Crippen LogP contribution in [0.2, 0.25) is 0 Å². The van der Waals surface area contributed by atoms with Crippen molar-refractivity contribution < 1.29 is 0 Å². The van der Waals surface area contributed by atoms with Gasteiger partial charge in [-0.15, -0.1) is 0 Å². The Bertz CT molecular complexity index is 397. The molecule has 0 atom stereocenters. The molecule has 3 heteroatoms. The van der Waals surface area contributed by atoms with Crippen LogP contribution in [-0.4, -0.2) is 24.6 Å². The molecule has 1 aromatic heterocycles. The highest BCUT2D eigenvalue weighted by molar-refractivity contribution is 5.39. The third kappa shape index (κ3) is 4.48. The first-order valence-corrected chi connectivity index (χ1v) is 8.06. The van der Waals surface area contributed by atoms with E-state index in [0.29, 0.717) is 12.0 Å². The molecule has 0 saturated heterocycles. The van der Waals surface area contributed by atoms with Gasteiger partial charge in [-0.25, -0.2) is 4.98 Å². The third-order valence-electron chi connectivity index (χ3n) is 4.13. The summed E-state index contributed by atoms with van der Waals surface area (Å²) in [5, 5.41) is 3.47. The van der Waals surface area contributed by atoms with Gasteiger partial charge in [0, 0.05) is 19.6 Å². The van der Waals surface area contributed by atoms with Crippen LogP contribution < -0.4 is 10.2 Å². The fraction of sp³-hybridized carbons (Fsp3) is 0.706. The maximum absolute atomic E-state index is 4.81. The maximum Gasteiger partial charge on any atom is 0.128 e. The van der Waals surface area contributed by atoms with Gasteiger partial charge < -0.3 is 10.2 Å². The zero-order valence-corrected chi connectivity index (χ0v) is 13.2. The second-order valence-corrected chi connectivity index (χ2v) is 6.41. The Hall–Kier alpha value is -1.09. The minimum Gasteiger partial charge on any atom is -0.357 e. The molecule has 2 rings (SSSR count). The summed E-state index contributed by atoms with van der Waals surface area (Å²) in [6.45, 7) is 6.37. The van der Waals surface area contributed by atoms with E-state index in [9.17, 15) is 0 Å². The molecule has 0 amide bonds. The van der Waals surface area contributed by atoms with Crippen molar-refractivity contribution in [1.82, 2.24) is 10.3 Å². The number of nitrogens with zero attached hydrogens (tertiary/aromatic N) is 2. The molecule has 0 bridgehead atoms. The van der Waals surface area contributed by atoms with Gasteiger partial charge in [0.1, 0.15) is 5.82 Å². The third-order valence-corrected chi connectivity index (χ3v) is 4.13. The Morgan fingerprint density at radius 2 is 2.00 bits per heavy atom. The highest BCUT2D eigenvalue weighted by Gasteiger charge is 2.19. The second kappa shape index (κ2) is 7.63. The van der Waals surface area contributed by atoms with Gasteiger partial charge in [-0.05, 0) is 37.4 Å². The molecule has 0 radical (unpaired) electrons. The molecule has 1 fully saturated rings. The van der Waals surface area contributed by atoms with Crippen LogP contribution in [0.4, 0.5) is 5.82 Å². The van der Waals surface area contributed by atoms with Crippen molar-refractivity contribution in [1.29, 1.82) is 0 Å². The van der Waals surface area contributed by atoms with Gasteiger partial charge in [-0.2, -0.15) is 0 Å². The van der Waals surface area contributed by atoms with E-state index in [1.807, 2.05) is 0 Å². The molecule has 1 aliphatic rings. The Morgan fingerprint density at radius 3 is 2.70 bits per heavy atom. The zero-order valence-electron chi connectivity index (χ0n) is 13.2. The minimum absolute atomic E-state index is 0.676. The number of hydrogen-bond donors (Lipinski definition) is 1. The Kier molecular flexibility index (Phi) is 5.84. The predicted octanol–water partition coefficient (Wildman–Crippen LogP) is 3.60. The summed E-state index contributed by atoms with van der Waals surface area (Å²) in [4.78, 5) is 7.19. The summed E-state index contributed by atoms with van der Waals surface area (Å²) >= 11 is 0.